The number of alkyl halides is 3. The van der Waals surface area contributed by atoms with Gasteiger partial charge in [-0.2, -0.15) is 13.2 Å². The summed E-state index contributed by atoms with van der Waals surface area (Å²) in [6, 6.07) is 3.71. The van der Waals surface area contributed by atoms with Crippen LogP contribution in [0.3, 0.4) is 0 Å². The number of rotatable bonds is 2. The van der Waals surface area contributed by atoms with E-state index >= 15 is 0 Å². The molecule has 0 aliphatic carbocycles. The van der Waals surface area contributed by atoms with E-state index in [0.29, 0.717) is 0 Å². The van der Waals surface area contributed by atoms with Gasteiger partial charge in [-0.3, -0.25) is 0 Å². The molecule has 2 aromatic rings. The van der Waals surface area contributed by atoms with Crippen LogP contribution in [0.4, 0.5) is 17.6 Å². The molecule has 0 atom stereocenters. The third-order valence-electron chi connectivity index (χ3n) is 2.19. The van der Waals surface area contributed by atoms with Crippen LogP contribution in [0.2, 0.25) is 0 Å². The Bertz CT molecular complexity index is 564. The van der Waals surface area contributed by atoms with Gasteiger partial charge >= 0.3 is 12.1 Å². The highest BCUT2D eigenvalue weighted by Crippen LogP contribution is 2.30. The summed E-state index contributed by atoms with van der Waals surface area (Å²) in [7, 11) is 0. The fourth-order valence-electron chi connectivity index (χ4n) is 1.30. The number of nitrogens with zero attached hydrogens (tertiary/aromatic N) is 2. The van der Waals surface area contributed by atoms with Crippen LogP contribution in [0.1, 0.15) is 11.5 Å². The van der Waals surface area contributed by atoms with Crippen molar-refractivity contribution in [3.8, 4) is 11.5 Å². The Kier molecular flexibility index (Phi) is 3.04. The maximum Gasteiger partial charge on any atom is 0.470 e. The zero-order valence-corrected chi connectivity index (χ0v) is 8.83. The van der Waals surface area contributed by atoms with Crippen LogP contribution in [-0.4, -0.2) is 10.2 Å². The largest absolute Gasteiger partial charge is 0.470 e. The van der Waals surface area contributed by atoms with Crippen molar-refractivity contribution < 1.29 is 22.0 Å². The molecule has 96 valence electrons. The molecule has 1 aromatic heterocycles. The average molecular weight is 261 g/mol. The lowest BCUT2D eigenvalue weighted by Crippen LogP contribution is -2.04. The van der Waals surface area contributed by atoms with Gasteiger partial charge in [0.05, 0.1) is 0 Å². The predicted octanol–water partition coefficient (Wildman–Crippen LogP) is 2.35. The molecule has 0 unspecified atom stereocenters. The molecule has 2 rings (SSSR count). The van der Waals surface area contributed by atoms with Crippen LogP contribution in [0, 0.1) is 5.82 Å². The number of hydrogen-bond acceptors (Lipinski definition) is 4. The number of hydrogen-bond donors (Lipinski definition) is 1. The molecule has 0 spiro atoms. The van der Waals surface area contributed by atoms with Gasteiger partial charge in [-0.15, -0.1) is 10.2 Å². The Labute approximate surface area is 98.4 Å². The monoisotopic (exact) mass is 261 g/mol. The number of nitrogens with two attached hydrogens (primary N) is 1. The highest BCUT2D eigenvalue weighted by atomic mass is 19.4. The van der Waals surface area contributed by atoms with Crippen molar-refractivity contribution in [2.75, 3.05) is 0 Å². The van der Waals surface area contributed by atoms with Crippen molar-refractivity contribution in [2.24, 2.45) is 5.73 Å². The summed E-state index contributed by atoms with van der Waals surface area (Å²) in [5.41, 5.74) is 5.57. The second kappa shape index (κ2) is 4.37. The van der Waals surface area contributed by atoms with Crippen molar-refractivity contribution in [1.82, 2.24) is 10.2 Å². The zero-order valence-electron chi connectivity index (χ0n) is 8.83. The second-order valence-electron chi connectivity index (χ2n) is 3.42. The first-order chi connectivity index (χ1) is 8.41. The van der Waals surface area contributed by atoms with Gasteiger partial charge in [-0.1, -0.05) is 6.07 Å². The van der Waals surface area contributed by atoms with E-state index in [0.717, 1.165) is 6.07 Å². The summed E-state index contributed by atoms with van der Waals surface area (Å²) in [5, 5.41) is 6.06. The molecule has 0 radical (unpaired) electrons. The third kappa shape index (κ3) is 2.33. The van der Waals surface area contributed by atoms with Gasteiger partial charge in [-0.05, 0) is 12.1 Å². The molecule has 1 heterocycles. The highest BCUT2D eigenvalue weighted by Gasteiger charge is 2.38. The lowest BCUT2D eigenvalue weighted by Gasteiger charge is -2.01. The minimum Gasteiger partial charge on any atom is -0.413 e. The molecule has 0 bridgehead atoms. The molecule has 18 heavy (non-hydrogen) atoms. The molecule has 0 saturated carbocycles. The molecular weight excluding hydrogens is 254 g/mol. The van der Waals surface area contributed by atoms with Crippen LogP contribution in [0.15, 0.2) is 22.6 Å². The van der Waals surface area contributed by atoms with Crippen LogP contribution in [0.25, 0.3) is 11.5 Å². The van der Waals surface area contributed by atoms with Crippen LogP contribution in [-0.2, 0) is 12.7 Å². The van der Waals surface area contributed by atoms with E-state index in [9.17, 15) is 17.6 Å². The quantitative estimate of drug-likeness (QED) is 0.843. The van der Waals surface area contributed by atoms with Gasteiger partial charge in [0.15, 0.2) is 0 Å². The first kappa shape index (κ1) is 12.5. The molecule has 0 fully saturated rings. The van der Waals surface area contributed by atoms with E-state index in [1.165, 1.54) is 12.1 Å². The van der Waals surface area contributed by atoms with Crippen molar-refractivity contribution in [3.05, 3.63) is 35.5 Å². The minimum absolute atomic E-state index is 0.0102. The Morgan fingerprint density at radius 1 is 1.22 bits per heavy atom. The number of aromatic nitrogens is 2. The third-order valence-corrected chi connectivity index (χ3v) is 2.19. The molecular formula is C10H7F4N3O. The summed E-state index contributed by atoms with van der Waals surface area (Å²) in [5.74, 6) is -2.51. The normalized spacial score (nSPS) is 11.8. The van der Waals surface area contributed by atoms with Crippen LogP contribution < -0.4 is 5.73 Å². The first-order valence-electron chi connectivity index (χ1n) is 4.81. The predicted molar refractivity (Wildman–Crippen MR) is 52.6 cm³/mol. The smallest absolute Gasteiger partial charge is 0.413 e. The molecule has 0 aliphatic heterocycles. The molecule has 1 aromatic carbocycles. The van der Waals surface area contributed by atoms with Crippen molar-refractivity contribution in [2.45, 2.75) is 12.7 Å². The van der Waals surface area contributed by atoms with E-state index in [2.05, 4.69) is 14.6 Å². The summed E-state index contributed by atoms with van der Waals surface area (Å²) in [4.78, 5) is 0. The Morgan fingerprint density at radius 2 is 1.94 bits per heavy atom. The lowest BCUT2D eigenvalue weighted by molar-refractivity contribution is -0.156. The van der Waals surface area contributed by atoms with Gasteiger partial charge in [-0.25, -0.2) is 4.39 Å². The summed E-state index contributed by atoms with van der Waals surface area (Å²) in [6.45, 7) is -0.0102. The van der Waals surface area contributed by atoms with Crippen molar-refractivity contribution in [3.63, 3.8) is 0 Å². The molecule has 4 nitrogen and oxygen atoms in total. The lowest BCUT2D eigenvalue weighted by atomic mass is 10.1. The summed E-state index contributed by atoms with van der Waals surface area (Å²) < 4.78 is 54.5. The Morgan fingerprint density at radius 3 is 2.44 bits per heavy atom. The van der Waals surface area contributed by atoms with E-state index in [4.69, 9.17) is 5.73 Å². The maximum atomic E-state index is 13.4. The molecule has 8 heteroatoms. The fraction of sp³-hybridized carbons (Fsp3) is 0.200. The van der Waals surface area contributed by atoms with Gasteiger partial charge < -0.3 is 10.2 Å². The van der Waals surface area contributed by atoms with Crippen LogP contribution >= 0.6 is 0 Å². The standard InChI is InChI=1S/C10H7F4N3O/c11-7-3-5(1-2-6(7)4-15)8-16-17-9(18-8)10(12,13)14/h1-3H,4,15H2. The van der Waals surface area contributed by atoms with E-state index in [1.54, 1.807) is 0 Å². The van der Waals surface area contributed by atoms with Crippen LogP contribution in [0.5, 0.6) is 0 Å². The first-order valence-corrected chi connectivity index (χ1v) is 4.81. The zero-order chi connectivity index (χ0) is 13.3. The van der Waals surface area contributed by atoms with E-state index in [-0.39, 0.29) is 17.7 Å². The van der Waals surface area contributed by atoms with Crippen molar-refractivity contribution >= 4 is 0 Å². The Balaban J connectivity index is 2.38. The summed E-state index contributed by atoms with van der Waals surface area (Å²) >= 11 is 0. The van der Waals surface area contributed by atoms with Gasteiger partial charge in [0.1, 0.15) is 5.82 Å². The van der Waals surface area contributed by atoms with E-state index in [1.807, 2.05) is 0 Å². The molecule has 0 aliphatic rings. The topological polar surface area (TPSA) is 64.9 Å². The molecule has 0 saturated heterocycles. The molecule has 0 amide bonds. The number of benzene rings is 1. The van der Waals surface area contributed by atoms with E-state index < -0.39 is 23.8 Å². The SMILES string of the molecule is NCc1ccc(-c2nnc(C(F)(F)F)o2)cc1F. The van der Waals surface area contributed by atoms with Gasteiger partial charge in [0.2, 0.25) is 5.89 Å². The fourth-order valence-corrected chi connectivity index (χ4v) is 1.30. The minimum atomic E-state index is -4.72. The maximum absolute atomic E-state index is 13.4. The second-order valence-corrected chi connectivity index (χ2v) is 3.42. The average Bonchev–Trinajstić information content (AvgIpc) is 2.77. The summed E-state index contributed by atoms with van der Waals surface area (Å²) in [6.07, 6.45) is -4.72. The number of halogens is 4. The van der Waals surface area contributed by atoms with Gasteiger partial charge in [0.25, 0.3) is 0 Å². The highest BCUT2D eigenvalue weighted by molar-refractivity contribution is 5.53. The van der Waals surface area contributed by atoms with Crippen molar-refractivity contribution in [1.29, 1.82) is 0 Å². The van der Waals surface area contributed by atoms with Gasteiger partial charge in [0, 0.05) is 17.7 Å². The Hall–Kier alpha value is -1.96. The molecule has 2 N–H and O–H groups in total.